The zero-order valence-corrected chi connectivity index (χ0v) is 17.0. The Morgan fingerprint density at radius 1 is 1.17 bits per heavy atom. The number of aromatic nitrogens is 1. The first-order valence-corrected chi connectivity index (χ1v) is 9.21. The third-order valence-corrected chi connectivity index (χ3v) is 5.18. The van der Waals surface area contributed by atoms with Crippen LogP contribution in [-0.4, -0.2) is 43.5 Å². The van der Waals surface area contributed by atoms with Crippen LogP contribution >= 0.6 is 11.3 Å². The van der Waals surface area contributed by atoms with Gasteiger partial charge in [0.1, 0.15) is 5.01 Å². The molecule has 1 heterocycles. The van der Waals surface area contributed by atoms with Crippen molar-refractivity contribution in [2.24, 2.45) is 0 Å². The Kier molecular flexibility index (Phi) is 6.96. The van der Waals surface area contributed by atoms with E-state index in [1.54, 1.807) is 12.1 Å². The van der Waals surface area contributed by atoms with Crippen molar-refractivity contribution in [3.63, 3.8) is 0 Å². The fourth-order valence-electron chi connectivity index (χ4n) is 2.57. The first kappa shape index (κ1) is 22.8. The minimum Gasteiger partial charge on any atom is -0.493 e. The van der Waals surface area contributed by atoms with Crippen LogP contribution in [0.4, 0.5) is 13.2 Å². The van der Waals surface area contributed by atoms with Gasteiger partial charge in [0.05, 0.1) is 27.8 Å². The first-order valence-electron chi connectivity index (χ1n) is 8.33. The van der Waals surface area contributed by atoms with Gasteiger partial charge in [-0.25, -0.2) is 4.98 Å². The topological polar surface area (TPSA) is 89.9 Å². The second-order valence-electron chi connectivity index (χ2n) is 6.14. The van der Waals surface area contributed by atoms with Gasteiger partial charge in [-0.3, -0.25) is 4.79 Å². The van der Waals surface area contributed by atoms with Gasteiger partial charge in [-0.2, -0.15) is 13.2 Å². The number of halogens is 3. The molecule has 2 rings (SSSR count). The molecule has 0 radical (unpaired) electrons. The average Bonchev–Trinajstić information content (AvgIpc) is 3.11. The minimum atomic E-state index is -5.07. The summed E-state index contributed by atoms with van der Waals surface area (Å²) < 4.78 is 56.1. The highest BCUT2D eigenvalue weighted by molar-refractivity contribution is 7.09. The summed E-state index contributed by atoms with van der Waals surface area (Å²) in [6.07, 6.45) is -6.28. The quantitative estimate of drug-likeness (QED) is 0.664. The molecule has 1 amide bonds. The molecule has 160 valence electrons. The molecule has 1 atom stereocenters. The van der Waals surface area contributed by atoms with E-state index in [9.17, 15) is 23.1 Å². The lowest BCUT2D eigenvalue weighted by molar-refractivity contribution is -0.267. The van der Waals surface area contributed by atoms with Crippen molar-refractivity contribution in [2.45, 2.75) is 31.7 Å². The number of amides is 1. The van der Waals surface area contributed by atoms with E-state index in [0.29, 0.717) is 39.8 Å². The number of aliphatic hydroxyl groups is 1. The number of methoxy groups -OCH3 is 3. The molecule has 0 aliphatic rings. The van der Waals surface area contributed by atoms with Gasteiger partial charge in [0.2, 0.25) is 17.3 Å². The lowest BCUT2D eigenvalue weighted by atomic mass is 9.99. The van der Waals surface area contributed by atoms with E-state index in [1.165, 1.54) is 33.6 Å². The van der Waals surface area contributed by atoms with Gasteiger partial charge in [-0.05, 0) is 24.6 Å². The monoisotopic (exact) mass is 434 g/mol. The van der Waals surface area contributed by atoms with Crippen LogP contribution in [0.2, 0.25) is 0 Å². The number of thiazole rings is 1. The van der Waals surface area contributed by atoms with Gasteiger partial charge in [0.25, 0.3) is 0 Å². The highest BCUT2D eigenvalue weighted by Crippen LogP contribution is 2.43. The zero-order chi connectivity index (χ0) is 21.8. The Morgan fingerprint density at radius 2 is 1.76 bits per heavy atom. The van der Waals surface area contributed by atoms with Crippen LogP contribution in [-0.2, 0) is 16.9 Å². The maximum Gasteiger partial charge on any atom is 0.424 e. The fraction of sp³-hybridized carbons (Fsp3) is 0.444. The molecule has 0 aliphatic carbocycles. The minimum absolute atomic E-state index is 0.111. The summed E-state index contributed by atoms with van der Waals surface area (Å²) in [5.41, 5.74) is -2.54. The molecule has 0 unspecified atom stereocenters. The lowest BCUT2D eigenvalue weighted by Crippen LogP contribution is -2.46. The number of benzene rings is 1. The van der Waals surface area contributed by atoms with Gasteiger partial charge in [0.15, 0.2) is 11.5 Å². The van der Waals surface area contributed by atoms with Crippen LogP contribution < -0.4 is 19.5 Å². The van der Waals surface area contributed by atoms with Crippen LogP contribution in [0.15, 0.2) is 17.5 Å². The molecule has 1 aromatic heterocycles. The highest BCUT2D eigenvalue weighted by Gasteiger charge is 2.58. The summed E-state index contributed by atoms with van der Waals surface area (Å²) in [5, 5.41) is 13.4. The zero-order valence-electron chi connectivity index (χ0n) is 16.2. The van der Waals surface area contributed by atoms with Gasteiger partial charge in [0, 0.05) is 17.6 Å². The van der Waals surface area contributed by atoms with E-state index in [4.69, 9.17) is 14.2 Å². The normalized spacial score (nSPS) is 13.5. The number of hydrogen-bond acceptors (Lipinski definition) is 7. The van der Waals surface area contributed by atoms with E-state index in [-0.39, 0.29) is 6.54 Å². The molecule has 0 spiro atoms. The summed E-state index contributed by atoms with van der Waals surface area (Å²) in [4.78, 5) is 15.9. The number of hydrogen-bond donors (Lipinski definition) is 2. The summed E-state index contributed by atoms with van der Waals surface area (Å²) >= 11 is 0.646. The van der Waals surface area contributed by atoms with Crippen molar-refractivity contribution in [3.8, 4) is 17.2 Å². The molecule has 29 heavy (non-hydrogen) atoms. The van der Waals surface area contributed by atoms with Crippen LogP contribution in [0, 0.1) is 6.92 Å². The second kappa shape index (κ2) is 8.87. The van der Waals surface area contributed by atoms with Crippen LogP contribution in [0.25, 0.3) is 0 Å². The van der Waals surface area contributed by atoms with Crippen LogP contribution in [0.3, 0.4) is 0 Å². The van der Waals surface area contributed by atoms with E-state index in [2.05, 4.69) is 10.3 Å². The Hall–Kier alpha value is -2.53. The molecule has 0 saturated heterocycles. The van der Waals surface area contributed by atoms with Crippen molar-refractivity contribution < 1.29 is 37.3 Å². The number of nitrogens with one attached hydrogen (secondary N) is 1. The van der Waals surface area contributed by atoms with Gasteiger partial charge >= 0.3 is 6.18 Å². The smallest absolute Gasteiger partial charge is 0.424 e. The van der Waals surface area contributed by atoms with Crippen molar-refractivity contribution in [3.05, 3.63) is 33.8 Å². The lowest BCUT2D eigenvalue weighted by Gasteiger charge is -2.27. The van der Waals surface area contributed by atoms with Crippen molar-refractivity contribution in [1.82, 2.24) is 10.3 Å². The third kappa shape index (κ3) is 4.91. The Bertz CT molecular complexity index is 846. The van der Waals surface area contributed by atoms with Crippen LogP contribution in [0.5, 0.6) is 17.2 Å². The molecule has 2 N–H and O–H groups in total. The number of alkyl halides is 3. The third-order valence-electron chi connectivity index (χ3n) is 4.07. The first-order chi connectivity index (χ1) is 13.6. The summed E-state index contributed by atoms with van der Waals surface area (Å²) in [5.74, 6) is 0.0180. The highest BCUT2D eigenvalue weighted by atomic mass is 32.1. The molecular weight excluding hydrogens is 413 g/mol. The number of carbonyl (C=O) groups excluding carboxylic acids is 1. The standard InChI is InChI=1S/C18H21F3N2O5S/c1-10-9-29-16(23-10)17(25,18(19,20)21)7-14(24)22-8-11-5-12(26-2)15(28-4)13(6-11)27-3/h5-6,9,25H,7-8H2,1-4H3,(H,22,24)/t17-/m0/s1. The van der Waals surface area contributed by atoms with Crippen LogP contribution in [0.1, 0.15) is 22.7 Å². The average molecular weight is 434 g/mol. The second-order valence-corrected chi connectivity index (χ2v) is 7.00. The number of rotatable bonds is 8. The maximum atomic E-state index is 13.5. The molecule has 0 fully saturated rings. The summed E-state index contributed by atoms with van der Waals surface area (Å²) in [6, 6.07) is 3.11. The molecule has 2 aromatic rings. The van der Waals surface area contributed by atoms with Gasteiger partial charge < -0.3 is 24.6 Å². The molecule has 0 bridgehead atoms. The molecule has 7 nitrogen and oxygen atoms in total. The predicted octanol–water partition coefficient (Wildman–Crippen LogP) is 2.93. The van der Waals surface area contributed by atoms with Gasteiger partial charge in [-0.15, -0.1) is 11.3 Å². The largest absolute Gasteiger partial charge is 0.493 e. The SMILES string of the molecule is COc1cc(CNC(=O)C[C@](O)(c2nc(C)cs2)C(F)(F)F)cc(OC)c1OC. The molecule has 1 aromatic carbocycles. The molecule has 11 heteroatoms. The Morgan fingerprint density at radius 3 is 2.17 bits per heavy atom. The maximum absolute atomic E-state index is 13.5. The summed E-state index contributed by atoms with van der Waals surface area (Å²) in [7, 11) is 4.26. The Labute approximate surface area is 169 Å². The van der Waals surface area contributed by atoms with Crippen molar-refractivity contribution in [1.29, 1.82) is 0 Å². The van der Waals surface area contributed by atoms with Crippen molar-refractivity contribution >= 4 is 17.2 Å². The van der Waals surface area contributed by atoms with E-state index < -0.39 is 29.1 Å². The molecule has 0 aliphatic heterocycles. The molecular formula is C18H21F3N2O5S. The number of ether oxygens (including phenoxy) is 3. The van der Waals surface area contributed by atoms with Gasteiger partial charge in [-0.1, -0.05) is 0 Å². The predicted molar refractivity (Wildman–Crippen MR) is 99.4 cm³/mol. The van der Waals surface area contributed by atoms with E-state index in [1.807, 2.05) is 0 Å². The fourth-order valence-corrected chi connectivity index (χ4v) is 3.49. The number of nitrogens with zero attached hydrogens (tertiary/aromatic N) is 1. The Balaban J connectivity index is 2.18. The summed E-state index contributed by atoms with van der Waals surface area (Å²) in [6.45, 7) is 1.39. The number of carbonyl (C=O) groups is 1. The van der Waals surface area contributed by atoms with E-state index >= 15 is 0 Å². The van der Waals surface area contributed by atoms with E-state index in [0.717, 1.165) is 0 Å². The molecule has 0 saturated carbocycles. The number of aryl methyl sites for hydroxylation is 1. The van der Waals surface area contributed by atoms with Crippen molar-refractivity contribution in [2.75, 3.05) is 21.3 Å².